The van der Waals surface area contributed by atoms with Gasteiger partial charge in [-0.1, -0.05) is 12.1 Å². The molecule has 0 radical (unpaired) electrons. The van der Waals surface area contributed by atoms with Crippen molar-refractivity contribution in [3.8, 4) is 24.0 Å². The topological polar surface area (TPSA) is 133 Å². The van der Waals surface area contributed by atoms with Gasteiger partial charge in [0, 0.05) is 11.4 Å². The highest BCUT2D eigenvalue weighted by Crippen LogP contribution is 2.20. The summed E-state index contributed by atoms with van der Waals surface area (Å²) < 4.78 is 0. The van der Waals surface area contributed by atoms with Crippen molar-refractivity contribution in [2.24, 2.45) is 0 Å². The standard InChI is InChI=1S/C18H11N5O2/c19-9-12(10-20)16(11-21)22-13-5-7-14(8-6-13)23-18(25)15-3-1-2-4-17(15)24/h1-8,22,24H,(H,23,25). The van der Waals surface area contributed by atoms with Gasteiger partial charge in [0.15, 0.2) is 5.57 Å². The van der Waals surface area contributed by atoms with Crippen molar-refractivity contribution >= 4 is 17.3 Å². The molecule has 0 bridgehead atoms. The molecule has 0 aliphatic rings. The zero-order valence-corrected chi connectivity index (χ0v) is 12.8. The largest absolute Gasteiger partial charge is 0.507 e. The summed E-state index contributed by atoms with van der Waals surface area (Å²) in [5, 5.41) is 41.5. The van der Waals surface area contributed by atoms with Crippen molar-refractivity contribution in [3.63, 3.8) is 0 Å². The summed E-state index contributed by atoms with van der Waals surface area (Å²) in [5.41, 5.74) is 0.615. The molecule has 0 saturated carbocycles. The number of hydrogen-bond acceptors (Lipinski definition) is 6. The van der Waals surface area contributed by atoms with E-state index in [9.17, 15) is 9.90 Å². The van der Waals surface area contributed by atoms with Gasteiger partial charge in [-0.05, 0) is 36.4 Å². The van der Waals surface area contributed by atoms with Crippen LogP contribution < -0.4 is 10.6 Å². The van der Waals surface area contributed by atoms with E-state index in [2.05, 4.69) is 10.6 Å². The number of phenolic OH excluding ortho intramolecular Hbond substituents is 1. The lowest BCUT2D eigenvalue weighted by Gasteiger charge is -2.08. The van der Waals surface area contributed by atoms with Crippen LogP contribution in [0.3, 0.4) is 0 Å². The quantitative estimate of drug-likeness (QED) is 0.739. The molecule has 0 unspecified atom stereocenters. The van der Waals surface area contributed by atoms with Crippen LogP contribution in [-0.4, -0.2) is 11.0 Å². The van der Waals surface area contributed by atoms with E-state index < -0.39 is 5.91 Å². The van der Waals surface area contributed by atoms with Crippen LogP contribution in [0.15, 0.2) is 59.8 Å². The van der Waals surface area contributed by atoms with Crippen molar-refractivity contribution in [2.45, 2.75) is 0 Å². The SMILES string of the molecule is N#CC(C#N)=C(C#N)Nc1ccc(NC(=O)c2ccccc2O)cc1. The number of nitriles is 3. The highest BCUT2D eigenvalue weighted by molar-refractivity contribution is 6.06. The summed E-state index contributed by atoms with van der Waals surface area (Å²) in [6, 6.07) is 17.5. The predicted octanol–water partition coefficient (Wildman–Crippen LogP) is 2.88. The van der Waals surface area contributed by atoms with Gasteiger partial charge >= 0.3 is 0 Å². The molecule has 7 nitrogen and oxygen atoms in total. The van der Waals surface area contributed by atoms with Crippen molar-refractivity contribution in [1.82, 2.24) is 0 Å². The normalized spacial score (nSPS) is 9.00. The zero-order chi connectivity index (χ0) is 18.2. The van der Waals surface area contributed by atoms with Crippen molar-refractivity contribution in [1.29, 1.82) is 15.8 Å². The fourth-order valence-corrected chi connectivity index (χ4v) is 1.93. The Balaban J connectivity index is 2.14. The molecule has 0 aliphatic heterocycles. The summed E-state index contributed by atoms with van der Waals surface area (Å²) in [5.74, 6) is -0.588. The summed E-state index contributed by atoms with van der Waals surface area (Å²) in [6.07, 6.45) is 0. The van der Waals surface area contributed by atoms with Gasteiger partial charge in [0.1, 0.15) is 29.7 Å². The van der Waals surface area contributed by atoms with E-state index in [0.717, 1.165) is 0 Å². The third-order valence-electron chi connectivity index (χ3n) is 3.15. The van der Waals surface area contributed by atoms with Crippen LogP contribution >= 0.6 is 0 Å². The van der Waals surface area contributed by atoms with Crippen LogP contribution in [0.5, 0.6) is 5.75 Å². The number of aromatic hydroxyl groups is 1. The predicted molar refractivity (Wildman–Crippen MR) is 90.0 cm³/mol. The number of benzene rings is 2. The Labute approximate surface area is 143 Å². The Kier molecular flexibility index (Phi) is 5.35. The van der Waals surface area contributed by atoms with E-state index in [1.165, 1.54) is 12.1 Å². The molecule has 2 aromatic carbocycles. The highest BCUT2D eigenvalue weighted by atomic mass is 16.3. The van der Waals surface area contributed by atoms with E-state index in [1.807, 2.05) is 0 Å². The number of carbonyl (C=O) groups is 1. The Morgan fingerprint density at radius 1 is 0.840 bits per heavy atom. The summed E-state index contributed by atoms with van der Waals surface area (Å²) in [6.45, 7) is 0. The van der Waals surface area contributed by atoms with Crippen LogP contribution in [0, 0.1) is 34.0 Å². The van der Waals surface area contributed by atoms with Crippen LogP contribution in [0.2, 0.25) is 0 Å². The second kappa shape index (κ2) is 7.82. The maximum atomic E-state index is 12.1. The van der Waals surface area contributed by atoms with Crippen LogP contribution in [0.25, 0.3) is 0 Å². The summed E-state index contributed by atoms with van der Waals surface area (Å²) in [7, 11) is 0. The second-order valence-corrected chi connectivity index (χ2v) is 4.76. The first-order valence-corrected chi connectivity index (χ1v) is 7.00. The van der Waals surface area contributed by atoms with Gasteiger partial charge in [-0.15, -0.1) is 0 Å². The smallest absolute Gasteiger partial charge is 0.259 e. The molecule has 0 aliphatic carbocycles. The Morgan fingerprint density at radius 2 is 1.40 bits per heavy atom. The molecule has 2 rings (SSSR count). The Bertz CT molecular complexity index is 941. The lowest BCUT2D eigenvalue weighted by molar-refractivity contribution is 0.102. The molecule has 2 aromatic rings. The van der Waals surface area contributed by atoms with Gasteiger partial charge in [-0.25, -0.2) is 0 Å². The minimum Gasteiger partial charge on any atom is -0.507 e. The third-order valence-corrected chi connectivity index (χ3v) is 3.15. The minimum absolute atomic E-state index is 0.123. The van der Waals surface area contributed by atoms with Gasteiger partial charge in [0.05, 0.1) is 5.56 Å². The molecule has 0 aromatic heterocycles. The molecular weight excluding hydrogens is 318 g/mol. The molecule has 3 N–H and O–H groups in total. The lowest BCUT2D eigenvalue weighted by atomic mass is 10.2. The number of allylic oxidation sites excluding steroid dienone is 2. The average Bonchev–Trinajstić information content (AvgIpc) is 2.63. The van der Waals surface area contributed by atoms with Gasteiger partial charge in [0.25, 0.3) is 5.91 Å². The fourth-order valence-electron chi connectivity index (χ4n) is 1.93. The van der Waals surface area contributed by atoms with Crippen LogP contribution in [0.1, 0.15) is 10.4 Å². The highest BCUT2D eigenvalue weighted by Gasteiger charge is 2.10. The molecule has 1 amide bonds. The zero-order valence-electron chi connectivity index (χ0n) is 12.8. The van der Waals surface area contributed by atoms with Crippen molar-refractivity contribution in [3.05, 3.63) is 65.4 Å². The number of rotatable bonds is 4. The maximum Gasteiger partial charge on any atom is 0.259 e. The second-order valence-electron chi connectivity index (χ2n) is 4.76. The first-order valence-electron chi connectivity index (χ1n) is 7.00. The number of nitrogens with zero attached hydrogens (tertiary/aromatic N) is 3. The number of anilines is 2. The Hall–Kier alpha value is -4.28. The number of carbonyl (C=O) groups excluding carboxylic acids is 1. The molecule has 25 heavy (non-hydrogen) atoms. The van der Waals surface area contributed by atoms with Gasteiger partial charge in [0.2, 0.25) is 0 Å². The number of nitrogens with one attached hydrogen (secondary N) is 2. The van der Waals surface area contributed by atoms with E-state index in [0.29, 0.717) is 11.4 Å². The molecule has 0 spiro atoms. The summed E-state index contributed by atoms with van der Waals surface area (Å²) >= 11 is 0. The first-order chi connectivity index (χ1) is 12.1. The molecular formula is C18H11N5O2. The van der Waals surface area contributed by atoms with Gasteiger partial charge in [-0.2, -0.15) is 15.8 Å². The fraction of sp³-hybridized carbons (Fsp3) is 0. The maximum absolute atomic E-state index is 12.1. The van der Waals surface area contributed by atoms with E-state index in [-0.39, 0.29) is 22.6 Å². The lowest BCUT2D eigenvalue weighted by Crippen LogP contribution is -2.12. The molecule has 0 atom stereocenters. The molecule has 0 saturated heterocycles. The number of para-hydroxylation sites is 1. The third kappa shape index (κ3) is 4.13. The number of phenols is 1. The number of amides is 1. The molecule has 7 heteroatoms. The van der Waals surface area contributed by atoms with Crippen LogP contribution in [0.4, 0.5) is 11.4 Å². The summed E-state index contributed by atoms with van der Waals surface area (Å²) in [4.78, 5) is 12.1. The molecule has 0 heterocycles. The first kappa shape index (κ1) is 17.1. The average molecular weight is 329 g/mol. The minimum atomic E-state index is -0.465. The monoisotopic (exact) mass is 329 g/mol. The van der Waals surface area contributed by atoms with Crippen LogP contribution in [-0.2, 0) is 0 Å². The number of hydrogen-bond donors (Lipinski definition) is 3. The van der Waals surface area contributed by atoms with Crippen molar-refractivity contribution in [2.75, 3.05) is 10.6 Å². The molecule has 0 fully saturated rings. The van der Waals surface area contributed by atoms with E-state index in [1.54, 1.807) is 54.6 Å². The van der Waals surface area contributed by atoms with Gasteiger partial charge in [-0.3, -0.25) is 4.79 Å². The van der Waals surface area contributed by atoms with E-state index in [4.69, 9.17) is 15.8 Å². The van der Waals surface area contributed by atoms with E-state index >= 15 is 0 Å². The molecule has 120 valence electrons. The van der Waals surface area contributed by atoms with Crippen molar-refractivity contribution < 1.29 is 9.90 Å². The Morgan fingerprint density at radius 3 is 1.92 bits per heavy atom. The van der Waals surface area contributed by atoms with Gasteiger partial charge < -0.3 is 15.7 Å².